The van der Waals surface area contributed by atoms with Crippen LogP contribution in [0.25, 0.3) is 0 Å². The van der Waals surface area contributed by atoms with Crippen molar-refractivity contribution in [1.82, 2.24) is 9.97 Å². The van der Waals surface area contributed by atoms with E-state index in [1.54, 1.807) is 18.2 Å². The predicted molar refractivity (Wildman–Crippen MR) is 92.3 cm³/mol. The smallest absolute Gasteiger partial charge is 0.258 e. The summed E-state index contributed by atoms with van der Waals surface area (Å²) >= 11 is 11.9. The lowest BCUT2D eigenvalue weighted by atomic mass is 10.2. The van der Waals surface area contributed by atoms with E-state index in [-0.39, 0.29) is 5.91 Å². The van der Waals surface area contributed by atoms with Crippen molar-refractivity contribution >= 4 is 40.7 Å². The SMILES string of the molecule is O=C(Nc1ccc(Cl)cc1Cl)c1cnc(NC2CCCC2)nc1. The summed E-state index contributed by atoms with van der Waals surface area (Å²) in [6.45, 7) is 0. The average Bonchev–Trinajstić information content (AvgIpc) is 3.04. The van der Waals surface area contributed by atoms with E-state index in [4.69, 9.17) is 23.2 Å². The van der Waals surface area contributed by atoms with E-state index in [1.807, 2.05) is 0 Å². The van der Waals surface area contributed by atoms with Gasteiger partial charge in [0.25, 0.3) is 5.91 Å². The fraction of sp³-hybridized carbons (Fsp3) is 0.312. The molecule has 1 aromatic carbocycles. The van der Waals surface area contributed by atoms with E-state index >= 15 is 0 Å². The van der Waals surface area contributed by atoms with Gasteiger partial charge in [-0.3, -0.25) is 4.79 Å². The molecule has 3 rings (SSSR count). The third kappa shape index (κ3) is 4.12. The fourth-order valence-electron chi connectivity index (χ4n) is 2.56. The minimum Gasteiger partial charge on any atom is -0.351 e. The van der Waals surface area contributed by atoms with Crippen molar-refractivity contribution in [1.29, 1.82) is 0 Å². The molecule has 1 aliphatic carbocycles. The zero-order valence-electron chi connectivity index (χ0n) is 12.4. The molecule has 0 spiro atoms. The Kier molecular flexibility index (Phi) is 4.98. The van der Waals surface area contributed by atoms with Crippen LogP contribution in [0.3, 0.4) is 0 Å². The number of nitrogens with zero attached hydrogens (tertiary/aromatic N) is 2. The molecule has 2 N–H and O–H groups in total. The summed E-state index contributed by atoms with van der Waals surface area (Å²) in [5.74, 6) is 0.236. The Labute approximate surface area is 144 Å². The van der Waals surface area contributed by atoms with Gasteiger partial charge in [0.2, 0.25) is 5.95 Å². The van der Waals surface area contributed by atoms with Crippen LogP contribution in [0.15, 0.2) is 30.6 Å². The van der Waals surface area contributed by atoms with Crippen molar-refractivity contribution in [3.05, 3.63) is 46.2 Å². The topological polar surface area (TPSA) is 66.9 Å². The number of amides is 1. The number of nitrogens with one attached hydrogen (secondary N) is 2. The Balaban J connectivity index is 1.65. The quantitative estimate of drug-likeness (QED) is 0.857. The van der Waals surface area contributed by atoms with E-state index in [0.717, 1.165) is 12.8 Å². The Morgan fingerprint density at radius 1 is 1.13 bits per heavy atom. The average molecular weight is 351 g/mol. The Hall–Kier alpha value is -1.85. The first-order valence-electron chi connectivity index (χ1n) is 7.47. The van der Waals surface area contributed by atoms with Crippen molar-refractivity contribution in [2.45, 2.75) is 31.7 Å². The van der Waals surface area contributed by atoms with E-state index < -0.39 is 0 Å². The summed E-state index contributed by atoms with van der Waals surface area (Å²) < 4.78 is 0. The third-order valence-corrected chi connectivity index (χ3v) is 4.33. The molecule has 0 atom stereocenters. The lowest BCUT2D eigenvalue weighted by Crippen LogP contribution is -2.18. The lowest BCUT2D eigenvalue weighted by Gasteiger charge is -2.11. The second kappa shape index (κ2) is 7.15. The zero-order chi connectivity index (χ0) is 16.2. The first-order chi connectivity index (χ1) is 11.1. The van der Waals surface area contributed by atoms with E-state index in [1.165, 1.54) is 25.2 Å². The summed E-state index contributed by atoms with van der Waals surface area (Å²) in [5.41, 5.74) is 0.863. The molecule has 120 valence electrons. The van der Waals surface area contributed by atoms with Crippen LogP contribution < -0.4 is 10.6 Å². The fourth-order valence-corrected chi connectivity index (χ4v) is 3.01. The summed E-state index contributed by atoms with van der Waals surface area (Å²) in [5, 5.41) is 6.89. The van der Waals surface area contributed by atoms with Crippen molar-refractivity contribution < 1.29 is 4.79 Å². The molecule has 0 saturated heterocycles. The molecule has 0 unspecified atom stereocenters. The molecular weight excluding hydrogens is 335 g/mol. The van der Waals surface area contributed by atoms with Gasteiger partial charge in [-0.2, -0.15) is 0 Å². The lowest BCUT2D eigenvalue weighted by molar-refractivity contribution is 0.102. The van der Waals surface area contributed by atoms with Gasteiger partial charge in [0.1, 0.15) is 0 Å². The van der Waals surface area contributed by atoms with Gasteiger partial charge in [-0.05, 0) is 31.0 Å². The molecular formula is C16H16Cl2N4O. The molecule has 1 saturated carbocycles. The van der Waals surface area contributed by atoms with Crippen LogP contribution in [-0.2, 0) is 0 Å². The maximum atomic E-state index is 12.2. The molecule has 0 aliphatic heterocycles. The number of carbonyl (C=O) groups excluding carboxylic acids is 1. The van der Waals surface area contributed by atoms with Crippen LogP contribution in [0.4, 0.5) is 11.6 Å². The van der Waals surface area contributed by atoms with Crippen LogP contribution in [-0.4, -0.2) is 21.9 Å². The summed E-state index contributed by atoms with van der Waals surface area (Å²) in [4.78, 5) is 20.6. The molecule has 0 radical (unpaired) electrons. The summed E-state index contributed by atoms with van der Waals surface area (Å²) in [6, 6.07) is 5.32. The standard InChI is InChI=1S/C16H16Cl2N4O/c17-11-5-6-14(13(18)7-11)22-15(23)10-8-19-16(20-9-10)21-12-3-1-2-4-12/h5-9,12H,1-4H2,(H,22,23)(H,19,20,21). The molecule has 23 heavy (non-hydrogen) atoms. The van der Waals surface area contributed by atoms with Crippen LogP contribution in [0, 0.1) is 0 Å². The summed E-state index contributed by atoms with van der Waals surface area (Å²) in [6.07, 6.45) is 7.76. The molecule has 0 bridgehead atoms. The van der Waals surface area contributed by atoms with Gasteiger partial charge in [0.15, 0.2) is 0 Å². The number of rotatable bonds is 4. The molecule has 1 aromatic heterocycles. The number of hydrogen-bond donors (Lipinski definition) is 2. The number of anilines is 2. The maximum absolute atomic E-state index is 12.2. The zero-order valence-corrected chi connectivity index (χ0v) is 13.9. The minimum absolute atomic E-state index is 0.318. The maximum Gasteiger partial charge on any atom is 0.258 e. The van der Waals surface area contributed by atoms with Crippen molar-refractivity contribution in [2.24, 2.45) is 0 Å². The first kappa shape index (κ1) is 16.0. The van der Waals surface area contributed by atoms with Gasteiger partial charge >= 0.3 is 0 Å². The third-order valence-electron chi connectivity index (χ3n) is 3.78. The number of halogens is 2. The Bertz CT molecular complexity index is 700. The van der Waals surface area contributed by atoms with E-state index in [2.05, 4.69) is 20.6 Å². The second-order valence-electron chi connectivity index (χ2n) is 5.50. The van der Waals surface area contributed by atoms with Gasteiger partial charge < -0.3 is 10.6 Å². The van der Waals surface area contributed by atoms with Gasteiger partial charge in [-0.1, -0.05) is 36.0 Å². The highest BCUT2D eigenvalue weighted by Gasteiger charge is 2.16. The molecule has 5 nitrogen and oxygen atoms in total. The molecule has 1 aliphatic rings. The van der Waals surface area contributed by atoms with Crippen LogP contribution in [0.5, 0.6) is 0 Å². The van der Waals surface area contributed by atoms with Gasteiger partial charge in [-0.25, -0.2) is 9.97 Å². The number of benzene rings is 1. The van der Waals surface area contributed by atoms with Crippen LogP contribution >= 0.6 is 23.2 Å². The van der Waals surface area contributed by atoms with Crippen molar-refractivity contribution in [3.63, 3.8) is 0 Å². The largest absolute Gasteiger partial charge is 0.351 e. The van der Waals surface area contributed by atoms with Gasteiger partial charge in [0, 0.05) is 23.5 Å². The number of aromatic nitrogens is 2. The molecule has 7 heteroatoms. The van der Waals surface area contributed by atoms with E-state index in [9.17, 15) is 4.79 Å². The highest BCUT2D eigenvalue weighted by Crippen LogP contribution is 2.26. The first-order valence-corrected chi connectivity index (χ1v) is 8.22. The molecule has 2 aromatic rings. The van der Waals surface area contributed by atoms with Crippen molar-refractivity contribution in [3.8, 4) is 0 Å². The molecule has 1 heterocycles. The highest BCUT2D eigenvalue weighted by molar-refractivity contribution is 6.36. The Morgan fingerprint density at radius 3 is 2.48 bits per heavy atom. The van der Waals surface area contributed by atoms with E-state index in [0.29, 0.717) is 33.3 Å². The Morgan fingerprint density at radius 2 is 1.83 bits per heavy atom. The second-order valence-corrected chi connectivity index (χ2v) is 6.34. The van der Waals surface area contributed by atoms with Gasteiger partial charge in [-0.15, -0.1) is 0 Å². The van der Waals surface area contributed by atoms with Crippen molar-refractivity contribution in [2.75, 3.05) is 10.6 Å². The van der Waals surface area contributed by atoms with Crippen LogP contribution in [0.1, 0.15) is 36.0 Å². The molecule has 1 fully saturated rings. The molecule has 1 amide bonds. The highest BCUT2D eigenvalue weighted by atomic mass is 35.5. The minimum atomic E-state index is -0.318. The summed E-state index contributed by atoms with van der Waals surface area (Å²) in [7, 11) is 0. The number of hydrogen-bond acceptors (Lipinski definition) is 4. The predicted octanol–water partition coefficient (Wildman–Crippen LogP) is 4.39. The van der Waals surface area contributed by atoms with Crippen LogP contribution in [0.2, 0.25) is 10.0 Å². The normalized spacial score (nSPS) is 14.7. The number of carbonyl (C=O) groups is 1. The monoisotopic (exact) mass is 350 g/mol. The van der Waals surface area contributed by atoms with Gasteiger partial charge in [0.05, 0.1) is 16.3 Å².